The topological polar surface area (TPSA) is 40.5 Å². The monoisotopic (exact) mass is 319 g/mol. The highest BCUT2D eigenvalue weighted by molar-refractivity contribution is 9.10. The highest BCUT2D eigenvalue weighted by atomic mass is 79.9. The molecule has 0 spiro atoms. The summed E-state index contributed by atoms with van der Waals surface area (Å²) in [5.41, 5.74) is 3.29. The smallest absolute Gasteiger partial charge is 0.335 e. The zero-order valence-electron chi connectivity index (χ0n) is 10.7. The van der Waals surface area contributed by atoms with Crippen LogP contribution >= 0.6 is 15.9 Å². The Morgan fingerprint density at radius 2 is 1.95 bits per heavy atom. The zero-order valence-corrected chi connectivity index (χ0v) is 12.3. The van der Waals surface area contributed by atoms with Crippen LogP contribution in [0.5, 0.6) is 0 Å². The number of anilines is 2. The predicted molar refractivity (Wildman–Crippen MR) is 80.3 cm³/mol. The van der Waals surface area contributed by atoms with Crippen molar-refractivity contribution in [3.63, 3.8) is 0 Å². The number of halogens is 1. The lowest BCUT2D eigenvalue weighted by Gasteiger charge is -2.21. The van der Waals surface area contributed by atoms with Gasteiger partial charge in [0.05, 0.1) is 11.3 Å². The lowest BCUT2D eigenvalue weighted by Crippen LogP contribution is -2.11. The van der Waals surface area contributed by atoms with Gasteiger partial charge in [0.15, 0.2) is 0 Å². The molecule has 0 saturated carbocycles. The van der Waals surface area contributed by atoms with Gasteiger partial charge in [-0.15, -0.1) is 0 Å². The number of hydrogen-bond acceptors (Lipinski definition) is 2. The van der Waals surface area contributed by atoms with Crippen LogP contribution in [0.3, 0.4) is 0 Å². The van der Waals surface area contributed by atoms with E-state index in [-0.39, 0.29) is 5.56 Å². The van der Waals surface area contributed by atoms with E-state index in [4.69, 9.17) is 5.11 Å². The fourth-order valence-electron chi connectivity index (χ4n) is 1.87. The zero-order chi connectivity index (χ0) is 14.0. The average molecular weight is 320 g/mol. The van der Waals surface area contributed by atoms with Crippen molar-refractivity contribution in [1.29, 1.82) is 0 Å². The quantitative estimate of drug-likeness (QED) is 0.920. The second-order valence-electron chi connectivity index (χ2n) is 4.37. The Bertz CT molecular complexity index is 625. The van der Waals surface area contributed by atoms with Crippen LogP contribution in [0.25, 0.3) is 0 Å². The van der Waals surface area contributed by atoms with E-state index in [9.17, 15) is 4.79 Å². The number of nitrogens with zero attached hydrogens (tertiary/aromatic N) is 1. The van der Waals surface area contributed by atoms with Gasteiger partial charge in [0, 0.05) is 17.2 Å². The first-order valence-corrected chi connectivity index (χ1v) is 6.61. The summed E-state index contributed by atoms with van der Waals surface area (Å²) in [7, 11) is 1.91. The van der Waals surface area contributed by atoms with E-state index in [0.717, 1.165) is 15.8 Å². The first-order chi connectivity index (χ1) is 8.99. The summed E-state index contributed by atoms with van der Waals surface area (Å²) in [6.45, 7) is 2.03. The number of carboxylic acid groups (broad SMARTS) is 1. The molecule has 0 aromatic heterocycles. The fourth-order valence-corrected chi connectivity index (χ4v) is 2.63. The van der Waals surface area contributed by atoms with Crippen LogP contribution in [-0.2, 0) is 0 Å². The number of aromatic carboxylic acids is 1. The molecule has 98 valence electrons. The van der Waals surface area contributed by atoms with Crippen LogP contribution in [0.4, 0.5) is 11.4 Å². The molecule has 0 aliphatic rings. The maximum atomic E-state index is 11.0. The van der Waals surface area contributed by atoms with E-state index in [2.05, 4.69) is 15.9 Å². The molecule has 0 unspecified atom stereocenters. The number of hydrogen-bond donors (Lipinski definition) is 1. The van der Waals surface area contributed by atoms with E-state index >= 15 is 0 Å². The Kier molecular flexibility index (Phi) is 3.90. The highest BCUT2D eigenvalue weighted by Gasteiger charge is 2.10. The average Bonchev–Trinajstić information content (AvgIpc) is 2.38. The van der Waals surface area contributed by atoms with Gasteiger partial charge in [-0.2, -0.15) is 0 Å². The molecule has 0 bridgehead atoms. The van der Waals surface area contributed by atoms with Gasteiger partial charge in [0.25, 0.3) is 0 Å². The molecule has 3 nitrogen and oxygen atoms in total. The molecule has 19 heavy (non-hydrogen) atoms. The minimum Gasteiger partial charge on any atom is -0.478 e. The van der Waals surface area contributed by atoms with Gasteiger partial charge in [0.1, 0.15) is 0 Å². The van der Waals surface area contributed by atoms with Crippen molar-refractivity contribution < 1.29 is 9.90 Å². The predicted octanol–water partition coefficient (Wildman–Crippen LogP) is 4.22. The third kappa shape index (κ3) is 2.96. The first kappa shape index (κ1) is 13.6. The van der Waals surface area contributed by atoms with Crippen molar-refractivity contribution in [1.82, 2.24) is 0 Å². The van der Waals surface area contributed by atoms with Crippen LogP contribution in [0.2, 0.25) is 0 Å². The summed E-state index contributed by atoms with van der Waals surface area (Å²) in [6, 6.07) is 13.0. The molecular weight excluding hydrogens is 306 g/mol. The van der Waals surface area contributed by atoms with Crippen LogP contribution in [0, 0.1) is 6.92 Å². The summed E-state index contributed by atoms with van der Waals surface area (Å²) in [6.07, 6.45) is 0. The highest BCUT2D eigenvalue weighted by Crippen LogP contribution is 2.31. The molecule has 0 aliphatic carbocycles. The lowest BCUT2D eigenvalue weighted by atomic mass is 10.1. The number of rotatable bonds is 3. The standard InChI is InChI=1S/C15H14BrNO2/c1-10-6-7-14(13(16)8-10)17(2)12-5-3-4-11(9-12)15(18)19/h3-9H,1-2H3,(H,18,19). The molecule has 0 fully saturated rings. The molecule has 2 aromatic rings. The number of carboxylic acids is 1. The largest absolute Gasteiger partial charge is 0.478 e. The molecule has 0 radical (unpaired) electrons. The molecule has 0 amide bonds. The van der Waals surface area contributed by atoms with E-state index < -0.39 is 5.97 Å². The van der Waals surface area contributed by atoms with Gasteiger partial charge in [-0.1, -0.05) is 12.1 Å². The Balaban J connectivity index is 2.41. The van der Waals surface area contributed by atoms with Gasteiger partial charge < -0.3 is 10.0 Å². The van der Waals surface area contributed by atoms with E-state index in [1.807, 2.05) is 43.1 Å². The molecule has 2 rings (SSSR count). The van der Waals surface area contributed by atoms with E-state index in [1.54, 1.807) is 18.2 Å². The van der Waals surface area contributed by atoms with Crippen molar-refractivity contribution in [3.05, 3.63) is 58.1 Å². The molecule has 0 heterocycles. The van der Waals surface area contributed by atoms with Crippen molar-refractivity contribution in [2.45, 2.75) is 6.92 Å². The molecule has 4 heteroatoms. The first-order valence-electron chi connectivity index (χ1n) is 5.82. The SMILES string of the molecule is Cc1ccc(N(C)c2cccc(C(=O)O)c2)c(Br)c1. The Labute approximate surface area is 120 Å². The van der Waals surface area contributed by atoms with Crippen molar-refractivity contribution in [2.75, 3.05) is 11.9 Å². The minimum atomic E-state index is -0.918. The third-order valence-electron chi connectivity index (χ3n) is 2.94. The van der Waals surface area contributed by atoms with Gasteiger partial charge in [-0.3, -0.25) is 0 Å². The summed E-state index contributed by atoms with van der Waals surface area (Å²) >= 11 is 3.53. The van der Waals surface area contributed by atoms with E-state index in [0.29, 0.717) is 0 Å². The van der Waals surface area contributed by atoms with Gasteiger partial charge in [0.2, 0.25) is 0 Å². The second kappa shape index (κ2) is 5.45. The molecule has 0 aliphatic heterocycles. The maximum absolute atomic E-state index is 11.0. The Morgan fingerprint density at radius 3 is 2.58 bits per heavy atom. The number of carbonyl (C=O) groups is 1. The van der Waals surface area contributed by atoms with Crippen molar-refractivity contribution in [2.24, 2.45) is 0 Å². The number of aryl methyl sites for hydroxylation is 1. The number of benzene rings is 2. The molecule has 1 N–H and O–H groups in total. The van der Waals surface area contributed by atoms with Crippen molar-refractivity contribution in [3.8, 4) is 0 Å². The minimum absolute atomic E-state index is 0.285. The fraction of sp³-hybridized carbons (Fsp3) is 0.133. The summed E-state index contributed by atoms with van der Waals surface area (Å²) in [5, 5.41) is 9.02. The normalized spacial score (nSPS) is 10.3. The Hall–Kier alpha value is -1.81. The Morgan fingerprint density at radius 1 is 1.21 bits per heavy atom. The molecule has 0 atom stereocenters. The van der Waals surface area contributed by atoms with Gasteiger partial charge >= 0.3 is 5.97 Å². The lowest BCUT2D eigenvalue weighted by molar-refractivity contribution is 0.0697. The summed E-state index contributed by atoms with van der Waals surface area (Å²) in [5.74, 6) is -0.918. The molecular formula is C15H14BrNO2. The maximum Gasteiger partial charge on any atom is 0.335 e. The van der Waals surface area contributed by atoms with E-state index in [1.165, 1.54) is 5.56 Å². The van der Waals surface area contributed by atoms with Crippen LogP contribution in [0.15, 0.2) is 46.9 Å². The van der Waals surface area contributed by atoms with Crippen LogP contribution < -0.4 is 4.90 Å². The molecule has 0 saturated heterocycles. The van der Waals surface area contributed by atoms with Crippen LogP contribution in [-0.4, -0.2) is 18.1 Å². The second-order valence-corrected chi connectivity index (χ2v) is 5.22. The van der Waals surface area contributed by atoms with Crippen LogP contribution in [0.1, 0.15) is 15.9 Å². The van der Waals surface area contributed by atoms with Gasteiger partial charge in [-0.25, -0.2) is 4.79 Å². The van der Waals surface area contributed by atoms with Crippen molar-refractivity contribution >= 4 is 33.3 Å². The molecule has 2 aromatic carbocycles. The third-order valence-corrected chi connectivity index (χ3v) is 3.58. The van der Waals surface area contributed by atoms with Gasteiger partial charge in [-0.05, 0) is 58.7 Å². The summed E-state index contributed by atoms with van der Waals surface area (Å²) in [4.78, 5) is 13.0. The summed E-state index contributed by atoms with van der Waals surface area (Å²) < 4.78 is 0.982.